The van der Waals surface area contributed by atoms with Gasteiger partial charge in [-0.25, -0.2) is 0 Å². The molecule has 136 valence electrons. The lowest BCUT2D eigenvalue weighted by Gasteiger charge is -2.10. The standard InChI is InChI=1S/C21H24N2O2S/c22-19(24)18-14-10-6-1-2-7-11-17(14)26-21(18)23-20(25)16-12-15(16)13-8-4-3-5-9-13/h3-5,8-9,15-16H,1-2,6-7,10-12H2,(H2,22,24)(H,23,25)/t15-,16-/m0/s1. The Morgan fingerprint density at radius 2 is 1.77 bits per heavy atom. The molecule has 1 fully saturated rings. The maximum atomic E-state index is 12.7. The lowest BCUT2D eigenvalue weighted by atomic mass is 9.96. The highest BCUT2D eigenvalue weighted by Crippen LogP contribution is 2.48. The molecule has 4 nitrogen and oxygen atoms in total. The SMILES string of the molecule is NC(=O)c1c(NC(=O)[C@H]2C[C@H]2c2ccccc2)sc2c1CCCCCC2. The number of rotatable bonds is 4. The van der Waals surface area contributed by atoms with Crippen molar-refractivity contribution < 1.29 is 9.59 Å². The third-order valence-electron chi connectivity index (χ3n) is 5.51. The van der Waals surface area contributed by atoms with Gasteiger partial charge in [-0.2, -0.15) is 0 Å². The van der Waals surface area contributed by atoms with Gasteiger partial charge in [0.05, 0.1) is 5.56 Å². The van der Waals surface area contributed by atoms with Crippen molar-refractivity contribution in [3.8, 4) is 0 Å². The molecule has 26 heavy (non-hydrogen) atoms. The number of fused-ring (bicyclic) bond motifs is 1. The van der Waals surface area contributed by atoms with Gasteiger partial charge in [-0.05, 0) is 49.1 Å². The summed E-state index contributed by atoms with van der Waals surface area (Å²) in [5.74, 6) is -0.138. The number of carbonyl (C=O) groups is 2. The van der Waals surface area contributed by atoms with E-state index in [4.69, 9.17) is 5.73 Å². The van der Waals surface area contributed by atoms with Crippen LogP contribution in [0.25, 0.3) is 0 Å². The number of hydrogen-bond donors (Lipinski definition) is 2. The molecule has 0 radical (unpaired) electrons. The Labute approximate surface area is 157 Å². The zero-order valence-corrected chi connectivity index (χ0v) is 15.6. The predicted molar refractivity (Wildman–Crippen MR) is 105 cm³/mol. The van der Waals surface area contributed by atoms with Crippen LogP contribution < -0.4 is 11.1 Å². The maximum Gasteiger partial charge on any atom is 0.251 e. The van der Waals surface area contributed by atoms with Crippen molar-refractivity contribution in [2.24, 2.45) is 11.7 Å². The molecule has 4 rings (SSSR count). The average molecular weight is 369 g/mol. The van der Waals surface area contributed by atoms with Crippen molar-refractivity contribution in [2.45, 2.75) is 50.9 Å². The number of hydrogen-bond acceptors (Lipinski definition) is 3. The summed E-state index contributed by atoms with van der Waals surface area (Å²) >= 11 is 1.55. The van der Waals surface area contributed by atoms with E-state index in [2.05, 4.69) is 17.4 Å². The molecule has 0 aliphatic heterocycles. The van der Waals surface area contributed by atoms with Crippen molar-refractivity contribution >= 4 is 28.2 Å². The molecular formula is C21H24N2O2S. The minimum atomic E-state index is -0.422. The molecule has 1 heterocycles. The van der Waals surface area contributed by atoms with E-state index in [-0.39, 0.29) is 17.7 Å². The van der Waals surface area contributed by atoms with Crippen molar-refractivity contribution in [3.05, 3.63) is 51.9 Å². The first-order valence-electron chi connectivity index (χ1n) is 9.45. The van der Waals surface area contributed by atoms with E-state index in [1.54, 1.807) is 11.3 Å². The van der Waals surface area contributed by atoms with Crippen molar-refractivity contribution in [1.82, 2.24) is 0 Å². The fourth-order valence-corrected chi connectivity index (χ4v) is 5.32. The van der Waals surface area contributed by atoms with Crippen LogP contribution in [0.3, 0.4) is 0 Å². The molecule has 2 aromatic rings. The summed E-state index contributed by atoms with van der Waals surface area (Å²) in [6.07, 6.45) is 7.37. The van der Waals surface area contributed by atoms with Crippen LogP contribution in [-0.2, 0) is 17.6 Å². The van der Waals surface area contributed by atoms with Gasteiger partial charge in [0.15, 0.2) is 0 Å². The lowest BCUT2D eigenvalue weighted by Crippen LogP contribution is -2.19. The smallest absolute Gasteiger partial charge is 0.251 e. The molecule has 0 saturated heterocycles. The van der Waals surface area contributed by atoms with E-state index in [1.807, 2.05) is 18.2 Å². The van der Waals surface area contributed by atoms with Gasteiger partial charge >= 0.3 is 0 Å². The van der Waals surface area contributed by atoms with E-state index in [0.29, 0.717) is 10.6 Å². The quantitative estimate of drug-likeness (QED) is 0.847. The molecule has 0 bridgehead atoms. The van der Waals surface area contributed by atoms with Gasteiger partial charge in [0.1, 0.15) is 5.00 Å². The zero-order chi connectivity index (χ0) is 18.1. The molecule has 2 aliphatic carbocycles. The minimum absolute atomic E-state index is 0.00979. The molecule has 2 atom stereocenters. The number of anilines is 1. The zero-order valence-electron chi connectivity index (χ0n) is 14.8. The summed E-state index contributed by atoms with van der Waals surface area (Å²) in [7, 11) is 0. The van der Waals surface area contributed by atoms with Gasteiger partial charge in [0, 0.05) is 10.8 Å². The fraction of sp³-hybridized carbons (Fsp3) is 0.429. The third-order valence-corrected chi connectivity index (χ3v) is 6.72. The first-order chi connectivity index (χ1) is 12.6. The number of aryl methyl sites for hydroxylation is 1. The van der Waals surface area contributed by atoms with E-state index in [1.165, 1.54) is 23.3 Å². The van der Waals surface area contributed by atoms with Crippen LogP contribution in [0.2, 0.25) is 0 Å². The predicted octanol–water partition coefficient (Wildman–Crippen LogP) is 4.25. The monoisotopic (exact) mass is 368 g/mol. The molecule has 3 N–H and O–H groups in total. The van der Waals surface area contributed by atoms with Gasteiger partial charge in [-0.1, -0.05) is 43.2 Å². The van der Waals surface area contributed by atoms with Crippen molar-refractivity contribution in [1.29, 1.82) is 0 Å². The Morgan fingerprint density at radius 1 is 1.04 bits per heavy atom. The Morgan fingerprint density at radius 3 is 2.50 bits per heavy atom. The topological polar surface area (TPSA) is 72.2 Å². The summed E-state index contributed by atoms with van der Waals surface area (Å²) in [4.78, 5) is 26.0. The number of nitrogens with one attached hydrogen (secondary N) is 1. The van der Waals surface area contributed by atoms with Crippen LogP contribution in [0.4, 0.5) is 5.00 Å². The number of amides is 2. The molecule has 2 amide bonds. The summed E-state index contributed by atoms with van der Waals surface area (Å²) in [5.41, 5.74) is 8.51. The Hall–Kier alpha value is -2.14. The van der Waals surface area contributed by atoms with Gasteiger partial charge in [-0.3, -0.25) is 9.59 Å². The number of nitrogens with two attached hydrogens (primary N) is 1. The summed E-state index contributed by atoms with van der Waals surface area (Å²) in [5, 5.41) is 3.69. The minimum Gasteiger partial charge on any atom is -0.365 e. The average Bonchev–Trinajstić information content (AvgIpc) is 3.35. The van der Waals surface area contributed by atoms with Crippen molar-refractivity contribution in [3.63, 3.8) is 0 Å². The van der Waals surface area contributed by atoms with Crippen LogP contribution >= 0.6 is 11.3 Å². The number of thiophene rings is 1. The van der Waals surface area contributed by atoms with Crippen LogP contribution in [0, 0.1) is 5.92 Å². The molecule has 1 aromatic carbocycles. The van der Waals surface area contributed by atoms with Gasteiger partial charge in [0.25, 0.3) is 5.91 Å². The second-order valence-corrected chi connectivity index (χ2v) is 8.44. The van der Waals surface area contributed by atoms with E-state index in [9.17, 15) is 9.59 Å². The van der Waals surface area contributed by atoms with Crippen LogP contribution in [0.15, 0.2) is 30.3 Å². The number of primary amides is 1. The largest absolute Gasteiger partial charge is 0.365 e. The van der Waals surface area contributed by atoms with Crippen LogP contribution in [0.1, 0.15) is 64.4 Å². The lowest BCUT2D eigenvalue weighted by molar-refractivity contribution is -0.117. The van der Waals surface area contributed by atoms with Gasteiger partial charge in [0.2, 0.25) is 5.91 Å². The summed E-state index contributed by atoms with van der Waals surface area (Å²) < 4.78 is 0. The molecule has 5 heteroatoms. The molecule has 1 saturated carbocycles. The second kappa shape index (κ2) is 7.23. The maximum absolute atomic E-state index is 12.7. The first kappa shape index (κ1) is 17.3. The molecular weight excluding hydrogens is 344 g/mol. The molecule has 0 spiro atoms. The molecule has 2 aliphatic rings. The summed E-state index contributed by atoms with van der Waals surface area (Å²) in [6.45, 7) is 0. The molecule has 1 aromatic heterocycles. The highest BCUT2D eigenvalue weighted by Gasteiger charge is 2.44. The van der Waals surface area contributed by atoms with Crippen LogP contribution in [-0.4, -0.2) is 11.8 Å². The summed E-state index contributed by atoms with van der Waals surface area (Å²) in [6, 6.07) is 10.1. The Balaban J connectivity index is 1.54. The van der Waals surface area contributed by atoms with E-state index < -0.39 is 5.91 Å². The van der Waals surface area contributed by atoms with Crippen LogP contribution in [0.5, 0.6) is 0 Å². The Kier molecular flexibility index (Phi) is 4.81. The third kappa shape index (κ3) is 3.40. The van der Waals surface area contributed by atoms with E-state index in [0.717, 1.165) is 37.7 Å². The fourth-order valence-electron chi connectivity index (χ4n) is 4.03. The highest BCUT2D eigenvalue weighted by molar-refractivity contribution is 7.17. The van der Waals surface area contributed by atoms with Crippen molar-refractivity contribution in [2.75, 3.05) is 5.32 Å². The molecule has 0 unspecified atom stereocenters. The normalized spacial score (nSPS) is 22.0. The van der Waals surface area contributed by atoms with Gasteiger partial charge < -0.3 is 11.1 Å². The van der Waals surface area contributed by atoms with E-state index >= 15 is 0 Å². The Bertz CT molecular complexity index is 828. The highest BCUT2D eigenvalue weighted by atomic mass is 32.1. The number of carbonyl (C=O) groups excluding carboxylic acids is 2. The second-order valence-electron chi connectivity index (χ2n) is 7.34. The first-order valence-corrected chi connectivity index (χ1v) is 10.3. The van der Waals surface area contributed by atoms with Gasteiger partial charge in [-0.15, -0.1) is 11.3 Å². The number of benzene rings is 1.